The van der Waals surface area contributed by atoms with E-state index < -0.39 is 0 Å². The third-order valence-corrected chi connectivity index (χ3v) is 3.96. The summed E-state index contributed by atoms with van der Waals surface area (Å²) in [6.45, 7) is 6.50. The SMILES string of the molecule is C=CC1CC(=O)N(c2ccc(Oc3ccccc3C)cc2)C1. The lowest BCUT2D eigenvalue weighted by molar-refractivity contribution is -0.117. The molecule has 3 heteroatoms. The molecule has 22 heavy (non-hydrogen) atoms. The number of amides is 1. The predicted molar refractivity (Wildman–Crippen MR) is 88.4 cm³/mol. The molecule has 2 aromatic rings. The minimum Gasteiger partial charge on any atom is -0.457 e. The quantitative estimate of drug-likeness (QED) is 0.785. The molecule has 2 aromatic carbocycles. The Morgan fingerprint density at radius 3 is 2.55 bits per heavy atom. The zero-order valence-electron chi connectivity index (χ0n) is 12.7. The second kappa shape index (κ2) is 6.06. The van der Waals surface area contributed by atoms with E-state index in [0.29, 0.717) is 13.0 Å². The van der Waals surface area contributed by atoms with Crippen molar-refractivity contribution in [3.63, 3.8) is 0 Å². The molecule has 1 aliphatic heterocycles. The number of hydrogen-bond donors (Lipinski definition) is 0. The smallest absolute Gasteiger partial charge is 0.227 e. The number of nitrogens with zero attached hydrogens (tertiary/aromatic N) is 1. The van der Waals surface area contributed by atoms with Crippen LogP contribution >= 0.6 is 0 Å². The average molecular weight is 293 g/mol. The standard InChI is InChI=1S/C19H19NO2/c1-3-15-12-19(21)20(13-15)16-8-10-17(11-9-16)22-18-7-5-4-6-14(18)2/h3-11,15H,1,12-13H2,2H3. The first-order valence-corrected chi connectivity index (χ1v) is 7.44. The summed E-state index contributed by atoms with van der Waals surface area (Å²) < 4.78 is 5.88. The first kappa shape index (κ1) is 14.4. The van der Waals surface area contributed by atoms with E-state index >= 15 is 0 Å². The van der Waals surface area contributed by atoms with Gasteiger partial charge in [-0.05, 0) is 42.8 Å². The van der Waals surface area contributed by atoms with E-state index in [1.54, 1.807) is 0 Å². The number of benzene rings is 2. The summed E-state index contributed by atoms with van der Waals surface area (Å²) in [6.07, 6.45) is 2.40. The monoisotopic (exact) mass is 293 g/mol. The third kappa shape index (κ3) is 2.89. The highest BCUT2D eigenvalue weighted by atomic mass is 16.5. The van der Waals surface area contributed by atoms with E-state index in [1.165, 1.54) is 0 Å². The molecule has 1 amide bonds. The second-order valence-corrected chi connectivity index (χ2v) is 5.57. The van der Waals surface area contributed by atoms with E-state index in [9.17, 15) is 4.79 Å². The molecule has 1 saturated heterocycles. The molecular formula is C19H19NO2. The van der Waals surface area contributed by atoms with Crippen LogP contribution in [0.15, 0.2) is 61.2 Å². The summed E-state index contributed by atoms with van der Waals surface area (Å²) in [7, 11) is 0. The minimum absolute atomic E-state index is 0.150. The summed E-state index contributed by atoms with van der Waals surface area (Å²) in [4.78, 5) is 13.8. The molecule has 1 unspecified atom stereocenters. The topological polar surface area (TPSA) is 29.5 Å². The summed E-state index contributed by atoms with van der Waals surface area (Å²) in [5.41, 5.74) is 2.00. The van der Waals surface area contributed by atoms with Gasteiger partial charge in [-0.25, -0.2) is 0 Å². The average Bonchev–Trinajstić information content (AvgIpc) is 2.91. The number of ether oxygens (including phenoxy) is 1. The number of hydrogen-bond acceptors (Lipinski definition) is 2. The maximum atomic E-state index is 12.0. The lowest BCUT2D eigenvalue weighted by atomic mass is 10.1. The number of carbonyl (C=O) groups excluding carboxylic acids is 1. The first-order valence-electron chi connectivity index (χ1n) is 7.44. The molecule has 3 rings (SSSR count). The normalized spacial score (nSPS) is 17.6. The van der Waals surface area contributed by atoms with Gasteiger partial charge in [0.1, 0.15) is 11.5 Å². The van der Waals surface area contributed by atoms with Crippen LogP contribution in [0.25, 0.3) is 0 Å². The Morgan fingerprint density at radius 2 is 1.91 bits per heavy atom. The molecule has 0 N–H and O–H groups in total. The molecular weight excluding hydrogens is 274 g/mol. The molecule has 1 fully saturated rings. The van der Waals surface area contributed by atoms with Crippen LogP contribution in [-0.4, -0.2) is 12.5 Å². The van der Waals surface area contributed by atoms with Gasteiger partial charge in [-0.3, -0.25) is 4.79 Å². The van der Waals surface area contributed by atoms with Crippen molar-refractivity contribution in [1.29, 1.82) is 0 Å². The van der Waals surface area contributed by atoms with Gasteiger partial charge in [0.25, 0.3) is 0 Å². The molecule has 1 atom stereocenters. The van der Waals surface area contributed by atoms with Crippen LogP contribution in [0.4, 0.5) is 5.69 Å². The Labute approximate surface area is 130 Å². The highest BCUT2D eigenvalue weighted by molar-refractivity contribution is 5.96. The van der Waals surface area contributed by atoms with Gasteiger partial charge in [0, 0.05) is 24.6 Å². The molecule has 0 saturated carbocycles. The Hall–Kier alpha value is -2.55. The Morgan fingerprint density at radius 1 is 1.18 bits per heavy atom. The first-order chi connectivity index (χ1) is 10.7. The van der Waals surface area contributed by atoms with E-state index in [2.05, 4.69) is 6.58 Å². The van der Waals surface area contributed by atoms with Crippen molar-refractivity contribution in [2.24, 2.45) is 5.92 Å². The number of carbonyl (C=O) groups is 1. The van der Waals surface area contributed by atoms with Gasteiger partial charge in [-0.1, -0.05) is 24.3 Å². The second-order valence-electron chi connectivity index (χ2n) is 5.57. The van der Waals surface area contributed by atoms with E-state index in [4.69, 9.17) is 4.74 Å². The summed E-state index contributed by atoms with van der Waals surface area (Å²) >= 11 is 0. The zero-order chi connectivity index (χ0) is 15.5. The Kier molecular flexibility index (Phi) is 3.96. The fourth-order valence-electron chi connectivity index (χ4n) is 2.63. The van der Waals surface area contributed by atoms with Crippen molar-refractivity contribution in [2.75, 3.05) is 11.4 Å². The summed E-state index contributed by atoms with van der Waals surface area (Å²) in [5.74, 6) is 2.01. The van der Waals surface area contributed by atoms with Crippen LogP contribution in [-0.2, 0) is 4.79 Å². The largest absolute Gasteiger partial charge is 0.457 e. The van der Waals surface area contributed by atoms with Crippen LogP contribution in [0, 0.1) is 12.8 Å². The molecule has 0 aromatic heterocycles. The zero-order valence-corrected chi connectivity index (χ0v) is 12.7. The maximum absolute atomic E-state index is 12.0. The van der Waals surface area contributed by atoms with Crippen molar-refractivity contribution in [2.45, 2.75) is 13.3 Å². The van der Waals surface area contributed by atoms with E-state index in [-0.39, 0.29) is 11.8 Å². The Bertz CT molecular complexity index is 691. The van der Waals surface area contributed by atoms with Gasteiger partial charge in [0.15, 0.2) is 0 Å². The predicted octanol–water partition coefficient (Wildman–Crippen LogP) is 4.33. The molecule has 0 radical (unpaired) electrons. The highest BCUT2D eigenvalue weighted by Gasteiger charge is 2.28. The molecule has 3 nitrogen and oxygen atoms in total. The number of anilines is 1. The van der Waals surface area contributed by atoms with E-state index in [0.717, 1.165) is 22.7 Å². The van der Waals surface area contributed by atoms with Gasteiger partial charge in [0.2, 0.25) is 5.91 Å². The fourth-order valence-corrected chi connectivity index (χ4v) is 2.63. The Balaban J connectivity index is 1.75. The summed E-state index contributed by atoms with van der Waals surface area (Å²) in [6, 6.07) is 15.6. The van der Waals surface area contributed by atoms with Gasteiger partial charge in [-0.15, -0.1) is 6.58 Å². The number of para-hydroxylation sites is 1. The van der Waals surface area contributed by atoms with Crippen molar-refractivity contribution in [1.82, 2.24) is 0 Å². The lowest BCUT2D eigenvalue weighted by Gasteiger charge is -2.17. The van der Waals surface area contributed by atoms with Crippen molar-refractivity contribution in [3.05, 3.63) is 66.7 Å². The maximum Gasteiger partial charge on any atom is 0.227 e. The molecule has 0 spiro atoms. The molecule has 0 aliphatic carbocycles. The van der Waals surface area contributed by atoms with Gasteiger partial charge < -0.3 is 9.64 Å². The van der Waals surface area contributed by atoms with Crippen molar-refractivity contribution in [3.8, 4) is 11.5 Å². The number of rotatable bonds is 4. The van der Waals surface area contributed by atoms with Crippen LogP contribution < -0.4 is 9.64 Å². The minimum atomic E-state index is 0.150. The van der Waals surface area contributed by atoms with Crippen LogP contribution in [0.1, 0.15) is 12.0 Å². The van der Waals surface area contributed by atoms with E-state index in [1.807, 2.05) is 66.4 Å². The molecule has 112 valence electrons. The highest BCUT2D eigenvalue weighted by Crippen LogP contribution is 2.29. The van der Waals surface area contributed by atoms with Crippen molar-refractivity contribution >= 4 is 11.6 Å². The van der Waals surface area contributed by atoms with Gasteiger partial charge in [-0.2, -0.15) is 0 Å². The van der Waals surface area contributed by atoms with Gasteiger partial charge >= 0.3 is 0 Å². The molecule has 1 heterocycles. The number of aryl methyl sites for hydroxylation is 1. The molecule has 1 aliphatic rings. The fraction of sp³-hybridized carbons (Fsp3) is 0.211. The van der Waals surface area contributed by atoms with Crippen molar-refractivity contribution < 1.29 is 9.53 Å². The van der Waals surface area contributed by atoms with Gasteiger partial charge in [0.05, 0.1) is 0 Å². The molecule has 0 bridgehead atoms. The van der Waals surface area contributed by atoms with Crippen LogP contribution in [0.2, 0.25) is 0 Å². The summed E-state index contributed by atoms with van der Waals surface area (Å²) in [5, 5.41) is 0. The van der Waals surface area contributed by atoms with Crippen LogP contribution in [0.3, 0.4) is 0 Å². The lowest BCUT2D eigenvalue weighted by Crippen LogP contribution is -2.24. The third-order valence-electron chi connectivity index (χ3n) is 3.96. The van der Waals surface area contributed by atoms with Crippen LogP contribution in [0.5, 0.6) is 11.5 Å².